The Bertz CT molecular complexity index is 588. The lowest BCUT2D eigenvalue weighted by atomic mass is 10.2. The van der Waals surface area contributed by atoms with E-state index in [2.05, 4.69) is 11.1 Å². The minimum atomic E-state index is 0.233. The van der Waals surface area contributed by atoms with Crippen molar-refractivity contribution in [2.75, 3.05) is 7.11 Å². The van der Waals surface area contributed by atoms with Gasteiger partial charge in [0, 0.05) is 6.21 Å². The van der Waals surface area contributed by atoms with Gasteiger partial charge in [0.1, 0.15) is 5.75 Å². The Morgan fingerprint density at radius 1 is 1.10 bits per heavy atom. The monoisotopic (exact) mass is 283 g/mol. The molecule has 0 N–H and O–H groups in total. The van der Waals surface area contributed by atoms with Gasteiger partial charge in [-0.25, -0.2) is 0 Å². The molecule has 0 heterocycles. The van der Waals surface area contributed by atoms with Gasteiger partial charge in [0.25, 0.3) is 0 Å². The fraction of sp³-hybridized carbons (Fsp3) is 0.278. The molecule has 0 saturated heterocycles. The molecule has 3 heteroatoms. The van der Waals surface area contributed by atoms with Gasteiger partial charge in [-0.15, -0.1) is 0 Å². The predicted octanol–water partition coefficient (Wildman–Crippen LogP) is 4.37. The fourth-order valence-corrected chi connectivity index (χ4v) is 1.83. The molecule has 0 saturated carbocycles. The third-order valence-corrected chi connectivity index (χ3v) is 2.97. The molecule has 0 radical (unpaired) electrons. The summed E-state index contributed by atoms with van der Waals surface area (Å²) in [7, 11) is 1.66. The Kier molecular flexibility index (Phi) is 5.52. The first kappa shape index (κ1) is 15.3. The van der Waals surface area contributed by atoms with Crippen molar-refractivity contribution in [3.05, 3.63) is 59.7 Å². The highest BCUT2D eigenvalue weighted by atomic mass is 16.5. The second-order valence-electron chi connectivity index (χ2n) is 5.06. The molecule has 0 aliphatic carbocycles. The molecule has 0 aliphatic rings. The number of nitrogens with zero attached hydrogens (tertiary/aromatic N) is 1. The van der Waals surface area contributed by atoms with Crippen molar-refractivity contribution in [2.24, 2.45) is 4.99 Å². The van der Waals surface area contributed by atoms with Crippen LogP contribution >= 0.6 is 0 Å². The molecule has 110 valence electrons. The predicted molar refractivity (Wildman–Crippen MR) is 86.6 cm³/mol. The fourth-order valence-electron chi connectivity index (χ4n) is 1.83. The van der Waals surface area contributed by atoms with Crippen LogP contribution in [-0.2, 0) is 11.3 Å². The van der Waals surface area contributed by atoms with Crippen molar-refractivity contribution in [2.45, 2.75) is 26.6 Å². The van der Waals surface area contributed by atoms with Crippen LogP contribution in [0.4, 0.5) is 5.69 Å². The Hall–Kier alpha value is -2.13. The van der Waals surface area contributed by atoms with Crippen LogP contribution in [0.5, 0.6) is 5.75 Å². The normalized spacial score (nSPS) is 11.2. The summed E-state index contributed by atoms with van der Waals surface area (Å²) in [5, 5.41) is 0. The van der Waals surface area contributed by atoms with Crippen molar-refractivity contribution in [3.8, 4) is 5.75 Å². The standard InChI is InChI=1S/C18H21NO2/c1-14(2)21-13-16-5-4-6-17(11-16)19-12-15-7-9-18(20-3)10-8-15/h4-12,14H,13H2,1-3H3. The second kappa shape index (κ2) is 7.60. The Morgan fingerprint density at radius 3 is 2.52 bits per heavy atom. The minimum Gasteiger partial charge on any atom is -0.497 e. The van der Waals surface area contributed by atoms with Gasteiger partial charge in [0.05, 0.1) is 25.5 Å². The van der Waals surface area contributed by atoms with Crippen LogP contribution in [0.3, 0.4) is 0 Å². The van der Waals surface area contributed by atoms with E-state index in [1.165, 1.54) is 0 Å². The lowest BCUT2D eigenvalue weighted by molar-refractivity contribution is 0.0657. The molecule has 21 heavy (non-hydrogen) atoms. The molecule has 0 aliphatic heterocycles. The first-order valence-electron chi connectivity index (χ1n) is 7.06. The van der Waals surface area contributed by atoms with Gasteiger partial charge in [-0.2, -0.15) is 0 Å². The van der Waals surface area contributed by atoms with Crippen LogP contribution in [0.1, 0.15) is 25.0 Å². The Labute approximate surface area is 126 Å². The highest BCUT2D eigenvalue weighted by molar-refractivity contribution is 5.82. The maximum absolute atomic E-state index is 5.61. The quantitative estimate of drug-likeness (QED) is 0.737. The van der Waals surface area contributed by atoms with E-state index in [-0.39, 0.29) is 6.10 Å². The third kappa shape index (κ3) is 5.04. The van der Waals surface area contributed by atoms with Crippen molar-refractivity contribution < 1.29 is 9.47 Å². The number of rotatable bonds is 6. The van der Waals surface area contributed by atoms with E-state index in [4.69, 9.17) is 9.47 Å². The van der Waals surface area contributed by atoms with Gasteiger partial charge in [-0.05, 0) is 61.4 Å². The van der Waals surface area contributed by atoms with Gasteiger partial charge in [-0.3, -0.25) is 4.99 Å². The second-order valence-corrected chi connectivity index (χ2v) is 5.06. The molecular weight excluding hydrogens is 262 g/mol. The number of ether oxygens (including phenoxy) is 2. The number of hydrogen-bond donors (Lipinski definition) is 0. The molecule has 0 spiro atoms. The summed E-state index contributed by atoms with van der Waals surface area (Å²) in [6.45, 7) is 4.68. The number of methoxy groups -OCH3 is 1. The van der Waals surface area contributed by atoms with Gasteiger partial charge in [0.2, 0.25) is 0 Å². The zero-order valence-electron chi connectivity index (χ0n) is 12.7. The Morgan fingerprint density at radius 2 is 1.86 bits per heavy atom. The van der Waals surface area contributed by atoms with E-state index >= 15 is 0 Å². The highest BCUT2D eigenvalue weighted by Crippen LogP contribution is 2.16. The van der Waals surface area contributed by atoms with Crippen molar-refractivity contribution in [1.82, 2.24) is 0 Å². The summed E-state index contributed by atoms with van der Waals surface area (Å²) in [6.07, 6.45) is 2.08. The first-order valence-corrected chi connectivity index (χ1v) is 7.06. The van der Waals surface area contributed by atoms with Crippen LogP contribution < -0.4 is 4.74 Å². The molecule has 0 atom stereocenters. The highest BCUT2D eigenvalue weighted by Gasteiger charge is 1.98. The van der Waals surface area contributed by atoms with Crippen LogP contribution in [0, 0.1) is 0 Å². The van der Waals surface area contributed by atoms with Crippen LogP contribution in [0.15, 0.2) is 53.5 Å². The summed E-state index contributed by atoms with van der Waals surface area (Å²) >= 11 is 0. The number of aliphatic imine (C=N–C) groups is 1. The first-order chi connectivity index (χ1) is 10.2. The molecule has 2 aromatic carbocycles. The molecule has 3 nitrogen and oxygen atoms in total. The molecular formula is C18H21NO2. The van der Waals surface area contributed by atoms with E-state index < -0.39 is 0 Å². The van der Waals surface area contributed by atoms with Gasteiger partial charge < -0.3 is 9.47 Å². The van der Waals surface area contributed by atoms with Crippen molar-refractivity contribution in [1.29, 1.82) is 0 Å². The van der Waals surface area contributed by atoms with Crippen LogP contribution in [0.25, 0.3) is 0 Å². The van der Waals surface area contributed by atoms with Crippen LogP contribution in [-0.4, -0.2) is 19.4 Å². The largest absolute Gasteiger partial charge is 0.497 e. The minimum absolute atomic E-state index is 0.233. The third-order valence-electron chi connectivity index (χ3n) is 2.97. The Balaban J connectivity index is 2.04. The lowest BCUT2D eigenvalue weighted by Crippen LogP contribution is -2.01. The molecule has 0 fully saturated rings. The summed E-state index contributed by atoms with van der Waals surface area (Å²) in [5.74, 6) is 0.847. The van der Waals surface area contributed by atoms with Crippen molar-refractivity contribution >= 4 is 11.9 Å². The molecule has 0 aromatic heterocycles. The summed E-state index contributed by atoms with van der Waals surface area (Å²) in [6, 6.07) is 15.9. The lowest BCUT2D eigenvalue weighted by Gasteiger charge is -2.07. The average molecular weight is 283 g/mol. The molecule has 0 amide bonds. The van der Waals surface area contributed by atoms with Crippen LogP contribution in [0.2, 0.25) is 0 Å². The van der Waals surface area contributed by atoms with Gasteiger partial charge >= 0.3 is 0 Å². The zero-order valence-corrected chi connectivity index (χ0v) is 12.7. The van der Waals surface area contributed by atoms with Crippen molar-refractivity contribution in [3.63, 3.8) is 0 Å². The maximum Gasteiger partial charge on any atom is 0.118 e. The molecule has 2 rings (SSSR count). The summed E-state index contributed by atoms with van der Waals surface area (Å²) in [4.78, 5) is 4.50. The van der Waals surface area contributed by atoms with E-state index in [1.807, 2.05) is 62.5 Å². The molecule has 0 bridgehead atoms. The van der Waals surface area contributed by atoms with E-state index in [0.29, 0.717) is 6.61 Å². The summed E-state index contributed by atoms with van der Waals surface area (Å²) < 4.78 is 10.7. The van der Waals surface area contributed by atoms with Gasteiger partial charge in [0.15, 0.2) is 0 Å². The van der Waals surface area contributed by atoms with E-state index in [9.17, 15) is 0 Å². The van der Waals surface area contributed by atoms with Gasteiger partial charge in [-0.1, -0.05) is 12.1 Å². The van der Waals surface area contributed by atoms with E-state index in [1.54, 1.807) is 7.11 Å². The number of benzene rings is 2. The summed E-state index contributed by atoms with van der Waals surface area (Å²) in [5.41, 5.74) is 3.10. The smallest absolute Gasteiger partial charge is 0.118 e. The number of hydrogen-bond acceptors (Lipinski definition) is 3. The SMILES string of the molecule is COc1ccc(C=Nc2cccc(COC(C)C)c2)cc1. The van der Waals surface area contributed by atoms with E-state index in [0.717, 1.165) is 22.6 Å². The average Bonchev–Trinajstić information content (AvgIpc) is 2.52. The topological polar surface area (TPSA) is 30.8 Å². The maximum atomic E-state index is 5.61. The molecule has 0 unspecified atom stereocenters. The molecule has 2 aromatic rings. The zero-order chi connectivity index (χ0) is 15.1.